The Morgan fingerprint density at radius 1 is 1.38 bits per heavy atom. The van der Waals surface area contributed by atoms with Gasteiger partial charge in [-0.3, -0.25) is 9.69 Å². The van der Waals surface area contributed by atoms with Crippen LogP contribution in [0, 0.1) is 11.3 Å². The summed E-state index contributed by atoms with van der Waals surface area (Å²) in [5, 5.41) is 11.6. The predicted molar refractivity (Wildman–Crippen MR) is 82.9 cm³/mol. The highest BCUT2D eigenvalue weighted by molar-refractivity contribution is 5.92. The van der Waals surface area contributed by atoms with E-state index >= 15 is 0 Å². The first kappa shape index (κ1) is 15.5. The molecule has 0 aliphatic carbocycles. The Morgan fingerprint density at radius 3 is 2.71 bits per heavy atom. The molecule has 21 heavy (non-hydrogen) atoms. The Morgan fingerprint density at radius 2 is 2.10 bits per heavy atom. The van der Waals surface area contributed by atoms with Crippen LogP contribution in [0.3, 0.4) is 0 Å². The van der Waals surface area contributed by atoms with Crippen LogP contribution < -0.4 is 5.32 Å². The van der Waals surface area contributed by atoms with E-state index in [1.807, 2.05) is 0 Å². The van der Waals surface area contributed by atoms with Crippen molar-refractivity contribution >= 4 is 11.6 Å². The van der Waals surface area contributed by atoms with Gasteiger partial charge in [0, 0.05) is 31.4 Å². The largest absolute Gasteiger partial charge is 0.325 e. The first-order valence-electron chi connectivity index (χ1n) is 7.35. The molecule has 0 spiro atoms. The van der Waals surface area contributed by atoms with Crippen LogP contribution in [0.25, 0.3) is 0 Å². The van der Waals surface area contributed by atoms with Gasteiger partial charge in [-0.1, -0.05) is 6.92 Å². The van der Waals surface area contributed by atoms with E-state index in [0.717, 1.165) is 31.7 Å². The number of nitrogens with one attached hydrogen (secondary N) is 1. The minimum atomic E-state index is -0.000821. The second-order valence-corrected chi connectivity index (χ2v) is 5.52. The summed E-state index contributed by atoms with van der Waals surface area (Å²) in [5.41, 5.74) is 1.33. The average Bonchev–Trinajstić information content (AvgIpc) is 2.50. The Kier molecular flexibility index (Phi) is 5.32. The van der Waals surface area contributed by atoms with Gasteiger partial charge in [0.1, 0.15) is 0 Å². The molecule has 1 aromatic carbocycles. The Labute approximate surface area is 126 Å². The zero-order valence-electron chi connectivity index (χ0n) is 12.7. The molecule has 1 saturated heterocycles. The van der Waals surface area contributed by atoms with Crippen molar-refractivity contribution in [3.8, 4) is 6.07 Å². The molecule has 2 rings (SSSR count). The summed E-state index contributed by atoms with van der Waals surface area (Å²) in [5.74, 6) is -0.000821. The first-order chi connectivity index (χ1) is 10.1. The number of piperazine rings is 1. The molecule has 1 amide bonds. The van der Waals surface area contributed by atoms with Gasteiger partial charge >= 0.3 is 0 Å². The van der Waals surface area contributed by atoms with Gasteiger partial charge < -0.3 is 10.2 Å². The molecular weight excluding hydrogens is 264 g/mol. The van der Waals surface area contributed by atoms with Gasteiger partial charge in [-0.05, 0) is 37.7 Å². The number of nitrogens with zero attached hydrogens (tertiary/aromatic N) is 3. The quantitative estimate of drug-likeness (QED) is 0.912. The minimum absolute atomic E-state index is 0.000821. The molecule has 1 aromatic rings. The molecule has 1 aliphatic heterocycles. The van der Waals surface area contributed by atoms with Crippen LogP contribution in [0.2, 0.25) is 0 Å². The molecule has 1 atom stereocenters. The second kappa shape index (κ2) is 7.21. The molecule has 1 aliphatic rings. The van der Waals surface area contributed by atoms with E-state index in [1.165, 1.54) is 0 Å². The maximum absolute atomic E-state index is 12.1. The van der Waals surface area contributed by atoms with Crippen LogP contribution in [0.4, 0.5) is 5.69 Å². The zero-order chi connectivity index (χ0) is 15.2. The Hall–Kier alpha value is -1.90. The lowest BCUT2D eigenvalue weighted by Crippen LogP contribution is -2.52. The summed E-state index contributed by atoms with van der Waals surface area (Å²) in [6.45, 7) is 5.47. The first-order valence-corrected chi connectivity index (χ1v) is 7.35. The van der Waals surface area contributed by atoms with Crippen molar-refractivity contribution in [1.29, 1.82) is 5.26 Å². The molecule has 1 fully saturated rings. The van der Waals surface area contributed by atoms with Crippen LogP contribution in [0.1, 0.15) is 18.9 Å². The smallest absolute Gasteiger partial charge is 0.238 e. The average molecular weight is 286 g/mol. The molecule has 0 bridgehead atoms. The molecule has 5 heteroatoms. The number of carbonyl (C=O) groups excluding carboxylic acids is 1. The number of carbonyl (C=O) groups is 1. The highest BCUT2D eigenvalue weighted by Gasteiger charge is 2.23. The summed E-state index contributed by atoms with van der Waals surface area (Å²) in [7, 11) is 2.14. The molecule has 1 heterocycles. The summed E-state index contributed by atoms with van der Waals surface area (Å²) in [6, 6.07) is 9.52. The SMILES string of the molecule is CCC1CN(CC(=O)Nc2ccc(C#N)cc2)CCN1C. The van der Waals surface area contributed by atoms with E-state index < -0.39 is 0 Å². The number of hydrogen-bond donors (Lipinski definition) is 1. The lowest BCUT2D eigenvalue weighted by atomic mass is 10.1. The monoisotopic (exact) mass is 286 g/mol. The van der Waals surface area contributed by atoms with Crippen molar-refractivity contribution in [1.82, 2.24) is 9.80 Å². The lowest BCUT2D eigenvalue weighted by Gasteiger charge is -2.38. The number of rotatable bonds is 4. The van der Waals surface area contributed by atoms with E-state index in [0.29, 0.717) is 18.2 Å². The van der Waals surface area contributed by atoms with Crippen LogP contribution in [0.5, 0.6) is 0 Å². The predicted octanol–water partition coefficient (Wildman–Crippen LogP) is 1.52. The summed E-state index contributed by atoms with van der Waals surface area (Å²) >= 11 is 0. The van der Waals surface area contributed by atoms with Gasteiger partial charge in [0.05, 0.1) is 18.2 Å². The third-order valence-electron chi connectivity index (χ3n) is 4.00. The summed E-state index contributed by atoms with van der Waals surface area (Å²) < 4.78 is 0. The maximum atomic E-state index is 12.1. The Balaban J connectivity index is 1.85. The van der Waals surface area contributed by atoms with E-state index in [2.05, 4.69) is 35.2 Å². The fraction of sp³-hybridized carbons (Fsp3) is 0.500. The van der Waals surface area contributed by atoms with Gasteiger partial charge in [0.2, 0.25) is 5.91 Å². The van der Waals surface area contributed by atoms with Crippen molar-refractivity contribution in [2.75, 3.05) is 38.5 Å². The molecule has 5 nitrogen and oxygen atoms in total. The van der Waals surface area contributed by atoms with E-state index in [9.17, 15) is 4.79 Å². The molecular formula is C16H22N4O. The lowest BCUT2D eigenvalue weighted by molar-refractivity contribution is -0.118. The van der Waals surface area contributed by atoms with E-state index in [1.54, 1.807) is 24.3 Å². The number of anilines is 1. The third-order valence-corrected chi connectivity index (χ3v) is 4.00. The van der Waals surface area contributed by atoms with Crippen LogP contribution >= 0.6 is 0 Å². The van der Waals surface area contributed by atoms with Crippen molar-refractivity contribution < 1.29 is 4.79 Å². The van der Waals surface area contributed by atoms with Crippen LogP contribution in [0.15, 0.2) is 24.3 Å². The number of nitriles is 1. The number of amides is 1. The Bertz CT molecular complexity index is 520. The highest BCUT2D eigenvalue weighted by Crippen LogP contribution is 2.12. The standard InChI is InChI=1S/C16H22N4O/c1-3-15-11-20(9-8-19(15)2)12-16(21)18-14-6-4-13(10-17)5-7-14/h4-7,15H,3,8-9,11-12H2,1-2H3,(H,18,21). The third kappa shape index (κ3) is 4.28. The van der Waals surface area contributed by atoms with Crippen molar-refractivity contribution in [2.45, 2.75) is 19.4 Å². The number of hydrogen-bond acceptors (Lipinski definition) is 4. The van der Waals surface area contributed by atoms with Gasteiger partial charge in [-0.15, -0.1) is 0 Å². The maximum Gasteiger partial charge on any atom is 0.238 e. The van der Waals surface area contributed by atoms with Crippen molar-refractivity contribution in [3.05, 3.63) is 29.8 Å². The number of benzene rings is 1. The minimum Gasteiger partial charge on any atom is -0.325 e. The summed E-state index contributed by atoms with van der Waals surface area (Å²) in [6.07, 6.45) is 1.10. The summed E-state index contributed by atoms with van der Waals surface area (Å²) in [4.78, 5) is 16.6. The zero-order valence-corrected chi connectivity index (χ0v) is 12.7. The van der Waals surface area contributed by atoms with Crippen molar-refractivity contribution in [3.63, 3.8) is 0 Å². The normalized spacial score (nSPS) is 20.0. The topological polar surface area (TPSA) is 59.4 Å². The molecule has 0 saturated carbocycles. The van der Waals surface area contributed by atoms with Gasteiger partial charge in [0.15, 0.2) is 0 Å². The fourth-order valence-electron chi connectivity index (χ4n) is 2.63. The van der Waals surface area contributed by atoms with Gasteiger partial charge in [-0.2, -0.15) is 5.26 Å². The van der Waals surface area contributed by atoms with Gasteiger partial charge in [0.25, 0.3) is 0 Å². The van der Waals surface area contributed by atoms with Crippen LogP contribution in [-0.2, 0) is 4.79 Å². The van der Waals surface area contributed by atoms with Gasteiger partial charge in [-0.25, -0.2) is 0 Å². The molecule has 112 valence electrons. The molecule has 0 aromatic heterocycles. The van der Waals surface area contributed by atoms with E-state index in [4.69, 9.17) is 5.26 Å². The molecule has 0 radical (unpaired) electrons. The van der Waals surface area contributed by atoms with E-state index in [-0.39, 0.29) is 5.91 Å². The highest BCUT2D eigenvalue weighted by atomic mass is 16.2. The molecule has 1 unspecified atom stereocenters. The fourth-order valence-corrected chi connectivity index (χ4v) is 2.63. The second-order valence-electron chi connectivity index (χ2n) is 5.52. The number of likely N-dealkylation sites (N-methyl/N-ethyl adjacent to an activating group) is 1. The van der Waals surface area contributed by atoms with Crippen LogP contribution in [-0.4, -0.2) is 55.0 Å². The molecule has 1 N–H and O–H groups in total. The van der Waals surface area contributed by atoms with Crippen molar-refractivity contribution in [2.24, 2.45) is 0 Å².